The van der Waals surface area contributed by atoms with Crippen molar-refractivity contribution in [1.82, 2.24) is 10.1 Å². The third-order valence-electron chi connectivity index (χ3n) is 4.03. The summed E-state index contributed by atoms with van der Waals surface area (Å²) >= 11 is 0. The normalized spacial score (nSPS) is 10.9. The molecule has 1 amide bonds. The van der Waals surface area contributed by atoms with Gasteiger partial charge in [-0.25, -0.2) is 0 Å². The van der Waals surface area contributed by atoms with Crippen LogP contribution in [0.2, 0.25) is 0 Å². The number of ether oxygens (including phenoxy) is 1. The van der Waals surface area contributed by atoms with Crippen LogP contribution in [-0.2, 0) is 6.61 Å². The summed E-state index contributed by atoms with van der Waals surface area (Å²) in [6, 6.07) is 7.57. The van der Waals surface area contributed by atoms with E-state index in [1.165, 1.54) is 11.1 Å². The Balaban J connectivity index is 1.92. The smallest absolute Gasteiger partial charge is 0.275 e. The van der Waals surface area contributed by atoms with Crippen molar-refractivity contribution in [1.29, 1.82) is 0 Å². The molecule has 1 heterocycles. The monoisotopic (exact) mass is 330 g/mol. The molecule has 0 unspecified atom stereocenters. The number of carbonyl (C=O) groups excluding carboxylic acids is 1. The van der Waals surface area contributed by atoms with E-state index in [0.717, 1.165) is 12.2 Å². The van der Waals surface area contributed by atoms with E-state index >= 15 is 0 Å². The molecule has 0 spiro atoms. The first-order valence-corrected chi connectivity index (χ1v) is 8.28. The molecule has 0 saturated carbocycles. The molecule has 0 aliphatic carbocycles. The highest BCUT2D eigenvalue weighted by Crippen LogP contribution is 2.18. The molecule has 1 aromatic carbocycles. The fourth-order valence-corrected chi connectivity index (χ4v) is 2.19. The number of aryl methyl sites for hydroxylation is 2. The summed E-state index contributed by atoms with van der Waals surface area (Å²) in [4.78, 5) is 14.0. The van der Waals surface area contributed by atoms with Crippen LogP contribution in [0.25, 0.3) is 0 Å². The zero-order valence-corrected chi connectivity index (χ0v) is 15.1. The van der Waals surface area contributed by atoms with Gasteiger partial charge in [-0.3, -0.25) is 4.79 Å². The van der Waals surface area contributed by atoms with Crippen molar-refractivity contribution in [2.75, 3.05) is 13.6 Å². The lowest BCUT2D eigenvalue weighted by Crippen LogP contribution is -2.28. The SMILES string of the molecule is Cc1ccc(OCc2cc(C(=O)N(C)CCC(C)C)no2)cc1C. The molecule has 24 heavy (non-hydrogen) atoms. The second kappa shape index (κ2) is 7.99. The van der Waals surface area contributed by atoms with E-state index in [-0.39, 0.29) is 12.5 Å². The molecule has 0 aliphatic rings. The second-order valence-corrected chi connectivity index (χ2v) is 6.62. The fourth-order valence-electron chi connectivity index (χ4n) is 2.19. The standard InChI is InChI=1S/C19H26N2O3/c1-13(2)8-9-21(5)19(22)18-11-17(24-20-18)12-23-16-7-6-14(3)15(4)10-16/h6-7,10-11,13H,8-9,12H2,1-5H3. The summed E-state index contributed by atoms with van der Waals surface area (Å²) in [6.07, 6.45) is 0.961. The minimum absolute atomic E-state index is 0.128. The van der Waals surface area contributed by atoms with Crippen molar-refractivity contribution >= 4 is 5.91 Å². The molecule has 1 aromatic heterocycles. The zero-order valence-electron chi connectivity index (χ0n) is 15.1. The molecule has 130 valence electrons. The van der Waals surface area contributed by atoms with Crippen LogP contribution in [0.1, 0.15) is 47.6 Å². The maximum atomic E-state index is 12.3. The van der Waals surface area contributed by atoms with Crippen LogP contribution in [0, 0.1) is 19.8 Å². The van der Waals surface area contributed by atoms with E-state index in [1.807, 2.05) is 25.1 Å². The molecule has 0 fully saturated rings. The maximum absolute atomic E-state index is 12.3. The molecule has 0 saturated heterocycles. The summed E-state index contributed by atoms with van der Waals surface area (Å²) in [5.74, 6) is 1.74. The molecule has 0 radical (unpaired) electrons. The summed E-state index contributed by atoms with van der Waals surface area (Å²) in [5, 5.41) is 3.86. The Morgan fingerprint density at radius 3 is 2.67 bits per heavy atom. The maximum Gasteiger partial charge on any atom is 0.275 e. The third-order valence-corrected chi connectivity index (χ3v) is 4.03. The van der Waals surface area contributed by atoms with E-state index < -0.39 is 0 Å². The van der Waals surface area contributed by atoms with Gasteiger partial charge in [0.15, 0.2) is 11.5 Å². The highest BCUT2D eigenvalue weighted by atomic mass is 16.5. The molecule has 0 atom stereocenters. The second-order valence-electron chi connectivity index (χ2n) is 6.62. The van der Waals surface area contributed by atoms with Gasteiger partial charge < -0.3 is 14.2 Å². The molecular weight excluding hydrogens is 304 g/mol. The molecule has 0 bridgehead atoms. The van der Waals surface area contributed by atoms with E-state index in [4.69, 9.17) is 9.26 Å². The minimum Gasteiger partial charge on any atom is -0.486 e. The van der Waals surface area contributed by atoms with Gasteiger partial charge in [0, 0.05) is 19.7 Å². The number of rotatable bonds is 7. The Kier molecular flexibility index (Phi) is 6.01. The number of aromatic nitrogens is 1. The third kappa shape index (κ3) is 4.85. The van der Waals surface area contributed by atoms with Gasteiger partial charge in [0.1, 0.15) is 12.4 Å². The van der Waals surface area contributed by atoms with Crippen LogP contribution in [-0.4, -0.2) is 29.6 Å². The van der Waals surface area contributed by atoms with Gasteiger partial charge in [0.25, 0.3) is 5.91 Å². The van der Waals surface area contributed by atoms with Crippen molar-refractivity contribution < 1.29 is 14.1 Å². The Morgan fingerprint density at radius 2 is 2.00 bits per heavy atom. The first kappa shape index (κ1) is 18.0. The number of nitrogens with zero attached hydrogens (tertiary/aromatic N) is 2. The first-order valence-electron chi connectivity index (χ1n) is 8.28. The predicted octanol–water partition coefficient (Wildman–Crippen LogP) is 3.99. The Labute approximate surface area is 143 Å². The fraction of sp³-hybridized carbons (Fsp3) is 0.474. The largest absolute Gasteiger partial charge is 0.486 e. The number of amides is 1. The lowest BCUT2D eigenvalue weighted by Gasteiger charge is -2.16. The van der Waals surface area contributed by atoms with E-state index in [9.17, 15) is 4.79 Å². The van der Waals surface area contributed by atoms with Crippen LogP contribution in [0.4, 0.5) is 0 Å². The average Bonchev–Trinajstić information content (AvgIpc) is 3.02. The van der Waals surface area contributed by atoms with Gasteiger partial charge in [-0.1, -0.05) is 25.1 Å². The van der Waals surface area contributed by atoms with Crippen LogP contribution in [0.15, 0.2) is 28.8 Å². The van der Waals surface area contributed by atoms with Crippen LogP contribution in [0.3, 0.4) is 0 Å². The van der Waals surface area contributed by atoms with E-state index in [1.54, 1.807) is 18.0 Å². The lowest BCUT2D eigenvalue weighted by molar-refractivity contribution is 0.0778. The zero-order chi connectivity index (χ0) is 17.7. The minimum atomic E-state index is -0.128. The summed E-state index contributed by atoms with van der Waals surface area (Å²) < 4.78 is 10.9. The number of benzene rings is 1. The van der Waals surface area contributed by atoms with E-state index in [2.05, 4.69) is 25.9 Å². The van der Waals surface area contributed by atoms with Crippen LogP contribution < -0.4 is 4.74 Å². The number of hydrogen-bond acceptors (Lipinski definition) is 4. The molecule has 0 aliphatic heterocycles. The Bertz CT molecular complexity index is 692. The summed E-state index contributed by atoms with van der Waals surface area (Å²) in [5.41, 5.74) is 2.71. The Hall–Kier alpha value is -2.30. The van der Waals surface area contributed by atoms with Crippen LogP contribution >= 0.6 is 0 Å². The molecule has 5 nitrogen and oxygen atoms in total. The Morgan fingerprint density at radius 1 is 1.25 bits per heavy atom. The van der Waals surface area contributed by atoms with Crippen molar-refractivity contribution in [2.45, 2.75) is 40.7 Å². The molecular formula is C19H26N2O3. The number of carbonyl (C=O) groups is 1. The van der Waals surface area contributed by atoms with Gasteiger partial charge in [0.2, 0.25) is 0 Å². The lowest BCUT2D eigenvalue weighted by atomic mass is 10.1. The van der Waals surface area contributed by atoms with Crippen molar-refractivity contribution in [3.05, 3.63) is 46.8 Å². The molecule has 0 N–H and O–H groups in total. The topological polar surface area (TPSA) is 55.6 Å². The van der Waals surface area contributed by atoms with Crippen molar-refractivity contribution in [3.8, 4) is 5.75 Å². The quantitative estimate of drug-likeness (QED) is 0.770. The molecule has 2 aromatic rings. The number of hydrogen-bond donors (Lipinski definition) is 0. The predicted molar refractivity (Wildman–Crippen MR) is 93.2 cm³/mol. The van der Waals surface area contributed by atoms with E-state index in [0.29, 0.717) is 23.9 Å². The van der Waals surface area contributed by atoms with Crippen molar-refractivity contribution in [3.63, 3.8) is 0 Å². The van der Waals surface area contributed by atoms with Crippen molar-refractivity contribution in [2.24, 2.45) is 5.92 Å². The van der Waals surface area contributed by atoms with Gasteiger partial charge in [-0.15, -0.1) is 0 Å². The summed E-state index contributed by atoms with van der Waals surface area (Å²) in [7, 11) is 1.78. The van der Waals surface area contributed by atoms with Gasteiger partial charge in [-0.2, -0.15) is 0 Å². The van der Waals surface area contributed by atoms with Gasteiger partial charge >= 0.3 is 0 Å². The highest BCUT2D eigenvalue weighted by Gasteiger charge is 2.17. The first-order chi connectivity index (χ1) is 11.4. The average molecular weight is 330 g/mol. The molecule has 5 heteroatoms. The highest BCUT2D eigenvalue weighted by molar-refractivity contribution is 5.92. The van der Waals surface area contributed by atoms with Gasteiger partial charge in [0.05, 0.1) is 0 Å². The summed E-state index contributed by atoms with van der Waals surface area (Å²) in [6.45, 7) is 9.33. The van der Waals surface area contributed by atoms with Crippen LogP contribution in [0.5, 0.6) is 5.75 Å². The van der Waals surface area contributed by atoms with Gasteiger partial charge in [-0.05, 0) is 49.4 Å². The molecule has 2 rings (SSSR count).